The molecule has 2 amide bonds. The molecule has 23 heavy (non-hydrogen) atoms. The molecule has 1 fully saturated rings. The second-order valence-corrected chi connectivity index (χ2v) is 6.18. The molecule has 116 valence electrons. The number of carbonyl (C=O) groups is 2. The average Bonchev–Trinajstić information content (AvgIpc) is 3.17. The Morgan fingerprint density at radius 3 is 2.96 bits per heavy atom. The van der Waals surface area contributed by atoms with Crippen LogP contribution < -0.4 is 0 Å². The summed E-state index contributed by atoms with van der Waals surface area (Å²) < 4.78 is 5.29. The zero-order valence-electron chi connectivity index (χ0n) is 11.8. The van der Waals surface area contributed by atoms with Gasteiger partial charge < -0.3 is 9.42 Å². The van der Waals surface area contributed by atoms with Gasteiger partial charge in [-0.05, 0) is 17.5 Å². The van der Waals surface area contributed by atoms with Crippen molar-refractivity contribution in [3.8, 4) is 10.7 Å². The molecule has 0 saturated carbocycles. The van der Waals surface area contributed by atoms with Crippen LogP contribution in [-0.2, 0) is 9.59 Å². The molecular formula is C14H11N5O3S. The normalized spacial score (nSPS) is 20.8. The average molecular weight is 329 g/mol. The summed E-state index contributed by atoms with van der Waals surface area (Å²) in [4.78, 5) is 30.1. The van der Waals surface area contributed by atoms with E-state index in [9.17, 15) is 9.59 Å². The summed E-state index contributed by atoms with van der Waals surface area (Å²) in [7, 11) is 0. The van der Waals surface area contributed by atoms with Gasteiger partial charge in [0.15, 0.2) is 6.04 Å². The van der Waals surface area contributed by atoms with Crippen molar-refractivity contribution < 1.29 is 14.1 Å². The van der Waals surface area contributed by atoms with Gasteiger partial charge in [0.05, 0.1) is 10.8 Å². The van der Waals surface area contributed by atoms with E-state index in [-0.39, 0.29) is 11.8 Å². The van der Waals surface area contributed by atoms with Crippen molar-refractivity contribution in [2.24, 2.45) is 10.2 Å². The lowest BCUT2D eigenvalue weighted by molar-refractivity contribution is -0.136. The van der Waals surface area contributed by atoms with Crippen LogP contribution in [0.3, 0.4) is 0 Å². The molecule has 1 saturated heterocycles. The molecule has 4 rings (SSSR count). The number of rotatable bonds is 3. The van der Waals surface area contributed by atoms with Crippen molar-refractivity contribution in [1.29, 1.82) is 0 Å². The number of thiophene rings is 1. The van der Waals surface area contributed by atoms with Crippen LogP contribution in [0, 0.1) is 0 Å². The molecular weight excluding hydrogens is 318 g/mol. The van der Waals surface area contributed by atoms with Gasteiger partial charge in [0.1, 0.15) is 0 Å². The Labute approximate surface area is 134 Å². The molecule has 0 N–H and O–H groups in total. The fourth-order valence-corrected chi connectivity index (χ4v) is 3.05. The molecule has 0 radical (unpaired) electrons. The third kappa shape index (κ3) is 2.59. The standard InChI is InChI=1S/C14H11N5O3S/c20-11-4-3-9(16-17-11)14(21)19-6-8(7-19)13-15-12(18-22-13)10-2-1-5-23-10/h1-5,8-9H,6-7H2. The van der Waals surface area contributed by atoms with E-state index in [0.717, 1.165) is 4.88 Å². The van der Waals surface area contributed by atoms with Gasteiger partial charge in [-0.3, -0.25) is 9.59 Å². The molecule has 2 aromatic heterocycles. The number of amides is 2. The van der Waals surface area contributed by atoms with E-state index in [1.807, 2.05) is 17.5 Å². The van der Waals surface area contributed by atoms with Crippen molar-refractivity contribution in [3.63, 3.8) is 0 Å². The van der Waals surface area contributed by atoms with E-state index in [1.54, 1.807) is 16.2 Å². The van der Waals surface area contributed by atoms with Crippen molar-refractivity contribution in [3.05, 3.63) is 35.6 Å². The number of likely N-dealkylation sites (tertiary alicyclic amines) is 1. The number of hydrogen-bond donors (Lipinski definition) is 0. The summed E-state index contributed by atoms with van der Waals surface area (Å²) in [6.07, 6.45) is 2.73. The Kier molecular flexibility index (Phi) is 3.34. The van der Waals surface area contributed by atoms with Gasteiger partial charge in [0, 0.05) is 19.2 Å². The maximum Gasteiger partial charge on any atom is 0.287 e. The van der Waals surface area contributed by atoms with Gasteiger partial charge in [-0.25, -0.2) is 0 Å². The molecule has 0 aromatic carbocycles. The Bertz CT molecular complexity index is 788. The number of hydrogen-bond acceptors (Lipinski definition) is 7. The van der Waals surface area contributed by atoms with Gasteiger partial charge in [-0.1, -0.05) is 11.2 Å². The lowest BCUT2D eigenvalue weighted by Gasteiger charge is -2.37. The first kappa shape index (κ1) is 13.9. The van der Waals surface area contributed by atoms with E-state index >= 15 is 0 Å². The highest BCUT2D eigenvalue weighted by atomic mass is 32.1. The number of nitrogens with zero attached hydrogens (tertiary/aromatic N) is 5. The van der Waals surface area contributed by atoms with E-state index in [2.05, 4.69) is 20.4 Å². The lowest BCUT2D eigenvalue weighted by atomic mass is 9.99. The Hall–Kier alpha value is -2.68. The maximum absolute atomic E-state index is 12.2. The Balaban J connectivity index is 1.38. The summed E-state index contributed by atoms with van der Waals surface area (Å²) in [6, 6.07) is 3.15. The summed E-state index contributed by atoms with van der Waals surface area (Å²) in [5.74, 6) is 0.524. The topological polar surface area (TPSA) is 101 Å². The number of carbonyl (C=O) groups excluding carboxylic acids is 2. The predicted octanol–water partition coefficient (Wildman–Crippen LogP) is 1.64. The lowest BCUT2D eigenvalue weighted by Crippen LogP contribution is -2.51. The van der Waals surface area contributed by atoms with Crippen LogP contribution in [0.2, 0.25) is 0 Å². The largest absolute Gasteiger partial charge is 0.339 e. The SMILES string of the molecule is O=C1C=CC(C(=O)N2CC(c3nc(-c4cccs4)no3)C2)N=N1. The molecule has 4 heterocycles. The van der Waals surface area contributed by atoms with Crippen LogP contribution in [0.4, 0.5) is 0 Å². The zero-order valence-corrected chi connectivity index (χ0v) is 12.6. The predicted molar refractivity (Wildman–Crippen MR) is 79.7 cm³/mol. The van der Waals surface area contributed by atoms with Crippen LogP contribution in [0.1, 0.15) is 11.8 Å². The van der Waals surface area contributed by atoms with Crippen molar-refractivity contribution >= 4 is 23.2 Å². The first-order chi connectivity index (χ1) is 11.2. The molecule has 0 aliphatic carbocycles. The van der Waals surface area contributed by atoms with Crippen LogP contribution in [-0.4, -0.2) is 46.0 Å². The van der Waals surface area contributed by atoms with Crippen LogP contribution in [0.15, 0.2) is 44.4 Å². The third-order valence-corrected chi connectivity index (χ3v) is 4.55. The highest BCUT2D eigenvalue weighted by Crippen LogP contribution is 2.29. The van der Waals surface area contributed by atoms with Crippen molar-refractivity contribution in [1.82, 2.24) is 15.0 Å². The number of azo groups is 1. The van der Waals surface area contributed by atoms with Crippen LogP contribution in [0.25, 0.3) is 10.7 Å². The van der Waals surface area contributed by atoms with Gasteiger partial charge in [0.25, 0.3) is 11.8 Å². The molecule has 0 bridgehead atoms. The molecule has 9 heteroatoms. The first-order valence-electron chi connectivity index (χ1n) is 7.00. The number of aromatic nitrogens is 2. The van der Waals surface area contributed by atoms with E-state index < -0.39 is 11.9 Å². The second kappa shape index (κ2) is 5.51. The monoisotopic (exact) mass is 329 g/mol. The van der Waals surface area contributed by atoms with E-state index in [4.69, 9.17) is 4.52 Å². The maximum atomic E-state index is 12.2. The summed E-state index contributed by atoms with van der Waals surface area (Å²) in [5, 5.41) is 13.0. The van der Waals surface area contributed by atoms with Gasteiger partial charge >= 0.3 is 0 Å². The summed E-state index contributed by atoms with van der Waals surface area (Å²) >= 11 is 1.54. The Morgan fingerprint density at radius 2 is 2.26 bits per heavy atom. The van der Waals surface area contributed by atoms with Crippen LogP contribution in [0.5, 0.6) is 0 Å². The van der Waals surface area contributed by atoms with Gasteiger partial charge in [0.2, 0.25) is 11.7 Å². The minimum absolute atomic E-state index is 0.0336. The van der Waals surface area contributed by atoms with Gasteiger partial charge in [-0.15, -0.1) is 16.5 Å². The third-order valence-electron chi connectivity index (χ3n) is 3.68. The van der Waals surface area contributed by atoms with Gasteiger partial charge in [-0.2, -0.15) is 10.1 Å². The minimum Gasteiger partial charge on any atom is -0.339 e. The molecule has 2 aliphatic rings. The van der Waals surface area contributed by atoms with E-state index in [0.29, 0.717) is 24.8 Å². The quantitative estimate of drug-likeness (QED) is 0.852. The molecule has 2 aliphatic heterocycles. The highest BCUT2D eigenvalue weighted by Gasteiger charge is 2.38. The minimum atomic E-state index is -0.710. The van der Waals surface area contributed by atoms with Crippen molar-refractivity contribution in [2.75, 3.05) is 13.1 Å². The fraction of sp³-hybridized carbons (Fsp3) is 0.286. The highest BCUT2D eigenvalue weighted by molar-refractivity contribution is 7.13. The van der Waals surface area contributed by atoms with Crippen molar-refractivity contribution in [2.45, 2.75) is 12.0 Å². The summed E-state index contributed by atoms with van der Waals surface area (Å²) in [5.41, 5.74) is 0. The zero-order chi connectivity index (χ0) is 15.8. The Morgan fingerprint density at radius 1 is 1.39 bits per heavy atom. The van der Waals surface area contributed by atoms with Crippen LogP contribution >= 0.6 is 11.3 Å². The smallest absolute Gasteiger partial charge is 0.287 e. The summed E-state index contributed by atoms with van der Waals surface area (Å²) in [6.45, 7) is 0.997. The van der Waals surface area contributed by atoms with E-state index in [1.165, 1.54) is 12.2 Å². The first-order valence-corrected chi connectivity index (χ1v) is 7.88. The molecule has 2 aromatic rings. The molecule has 1 unspecified atom stereocenters. The molecule has 1 atom stereocenters. The fourth-order valence-electron chi connectivity index (χ4n) is 2.40. The molecule has 0 spiro atoms. The second-order valence-electron chi connectivity index (χ2n) is 5.23. The molecule has 8 nitrogen and oxygen atoms in total.